The Labute approximate surface area is 198 Å². The molecule has 2 aromatic carbocycles. The quantitative estimate of drug-likeness (QED) is 0.517. The van der Waals surface area contributed by atoms with Gasteiger partial charge in [-0.1, -0.05) is 17.3 Å². The van der Waals surface area contributed by atoms with E-state index in [1.165, 1.54) is 24.3 Å². The molecule has 3 heterocycles. The molecule has 2 unspecified atom stereocenters. The SMILES string of the molecule is N#Cc1ccc(S(=O)(=O)NCCN2CC3CN(CCc4noc5ccccc45)CC(C2)O3)cc1. The summed E-state index contributed by atoms with van der Waals surface area (Å²) in [5.41, 5.74) is 2.24. The van der Waals surface area contributed by atoms with Crippen molar-refractivity contribution in [2.24, 2.45) is 0 Å². The molecule has 178 valence electrons. The van der Waals surface area contributed by atoms with Crippen molar-refractivity contribution in [3.63, 3.8) is 0 Å². The Balaban J connectivity index is 1.09. The van der Waals surface area contributed by atoms with Crippen LogP contribution in [0.25, 0.3) is 11.0 Å². The number of sulfonamides is 1. The minimum atomic E-state index is -3.60. The average Bonchev–Trinajstić information content (AvgIpc) is 3.25. The molecule has 1 N–H and O–H groups in total. The number of fused-ring (bicyclic) bond motifs is 3. The third kappa shape index (κ3) is 5.14. The van der Waals surface area contributed by atoms with Crippen molar-refractivity contribution in [3.05, 3.63) is 59.8 Å². The Hall–Kier alpha value is -2.81. The lowest BCUT2D eigenvalue weighted by Gasteiger charge is -2.45. The van der Waals surface area contributed by atoms with Crippen molar-refractivity contribution in [3.8, 4) is 6.07 Å². The summed E-state index contributed by atoms with van der Waals surface area (Å²) in [5, 5.41) is 14.2. The number of nitriles is 1. The summed E-state index contributed by atoms with van der Waals surface area (Å²) < 4.78 is 39.2. The number of rotatable bonds is 8. The van der Waals surface area contributed by atoms with Crippen LogP contribution in [-0.4, -0.2) is 81.4 Å². The smallest absolute Gasteiger partial charge is 0.240 e. The fourth-order valence-corrected chi connectivity index (χ4v) is 5.76. The van der Waals surface area contributed by atoms with Crippen molar-refractivity contribution in [1.82, 2.24) is 19.7 Å². The van der Waals surface area contributed by atoms with Gasteiger partial charge in [0.15, 0.2) is 5.58 Å². The standard InChI is InChI=1S/C24H27N5O4S/c25-13-18-5-7-21(8-6-18)34(30,31)26-10-12-29-16-19-14-28(15-20(17-29)32-19)11-9-23-22-3-1-2-4-24(22)33-27-23/h1-8,19-20,26H,9-12,14-17H2. The molecule has 0 radical (unpaired) electrons. The first-order valence-electron chi connectivity index (χ1n) is 11.4. The highest BCUT2D eigenvalue weighted by molar-refractivity contribution is 7.89. The summed E-state index contributed by atoms with van der Waals surface area (Å²) >= 11 is 0. The summed E-state index contributed by atoms with van der Waals surface area (Å²) in [5.74, 6) is 0. The van der Waals surface area contributed by atoms with Crippen LogP contribution in [0.15, 0.2) is 57.9 Å². The Morgan fingerprint density at radius 1 is 1.00 bits per heavy atom. The first-order valence-corrected chi connectivity index (χ1v) is 12.9. The molecule has 9 nitrogen and oxygen atoms in total. The minimum Gasteiger partial charge on any atom is -0.370 e. The van der Waals surface area contributed by atoms with Gasteiger partial charge in [-0.25, -0.2) is 13.1 Å². The van der Waals surface area contributed by atoms with Crippen molar-refractivity contribution in [2.75, 3.05) is 45.8 Å². The predicted octanol–water partition coefficient (Wildman–Crippen LogP) is 1.61. The Kier molecular flexibility index (Phi) is 6.63. The van der Waals surface area contributed by atoms with Crippen molar-refractivity contribution in [2.45, 2.75) is 23.5 Å². The molecule has 3 aromatic rings. The molecule has 0 aliphatic carbocycles. The van der Waals surface area contributed by atoms with Crippen LogP contribution in [0.1, 0.15) is 11.3 Å². The fourth-order valence-electron chi connectivity index (χ4n) is 4.74. The van der Waals surface area contributed by atoms with Gasteiger partial charge in [0.25, 0.3) is 0 Å². The molecule has 1 aromatic heterocycles. The second-order valence-corrected chi connectivity index (χ2v) is 10.6. The second-order valence-electron chi connectivity index (χ2n) is 8.81. The van der Waals surface area contributed by atoms with E-state index in [-0.39, 0.29) is 17.1 Å². The van der Waals surface area contributed by atoms with E-state index in [2.05, 4.69) is 19.7 Å². The monoisotopic (exact) mass is 481 g/mol. The van der Waals surface area contributed by atoms with Crippen LogP contribution in [0.2, 0.25) is 0 Å². The minimum absolute atomic E-state index is 0.108. The molecule has 2 bridgehead atoms. The van der Waals surface area contributed by atoms with E-state index < -0.39 is 10.0 Å². The van der Waals surface area contributed by atoms with E-state index in [4.69, 9.17) is 14.5 Å². The maximum atomic E-state index is 12.5. The molecule has 2 fully saturated rings. The molecule has 0 amide bonds. The third-order valence-corrected chi connectivity index (χ3v) is 7.84. The number of benzene rings is 2. The maximum Gasteiger partial charge on any atom is 0.240 e. The average molecular weight is 482 g/mol. The highest BCUT2D eigenvalue weighted by Crippen LogP contribution is 2.22. The van der Waals surface area contributed by atoms with Gasteiger partial charge in [0.05, 0.1) is 34.4 Å². The zero-order chi connectivity index (χ0) is 23.5. The number of ether oxygens (including phenoxy) is 1. The van der Waals surface area contributed by atoms with Gasteiger partial charge in [-0.05, 0) is 36.4 Å². The number of aromatic nitrogens is 1. The number of morpholine rings is 2. The van der Waals surface area contributed by atoms with Gasteiger partial charge >= 0.3 is 0 Å². The van der Waals surface area contributed by atoms with Crippen LogP contribution in [0, 0.1) is 11.3 Å². The van der Waals surface area contributed by atoms with Crippen LogP contribution in [0.4, 0.5) is 0 Å². The predicted molar refractivity (Wildman–Crippen MR) is 126 cm³/mol. The van der Waals surface area contributed by atoms with E-state index in [9.17, 15) is 8.42 Å². The van der Waals surface area contributed by atoms with Gasteiger partial charge in [-0.2, -0.15) is 5.26 Å². The van der Waals surface area contributed by atoms with Crippen LogP contribution in [0.3, 0.4) is 0 Å². The summed E-state index contributed by atoms with van der Waals surface area (Å²) in [7, 11) is -3.60. The highest BCUT2D eigenvalue weighted by atomic mass is 32.2. The lowest BCUT2D eigenvalue weighted by Crippen LogP contribution is -2.60. The summed E-state index contributed by atoms with van der Waals surface area (Å²) in [6.45, 7) is 5.09. The Morgan fingerprint density at radius 3 is 2.38 bits per heavy atom. The third-order valence-electron chi connectivity index (χ3n) is 6.36. The van der Waals surface area contributed by atoms with Gasteiger partial charge in [-0.15, -0.1) is 0 Å². The normalized spacial score (nSPS) is 21.5. The number of nitrogens with one attached hydrogen (secondary N) is 1. The maximum absolute atomic E-state index is 12.5. The van der Waals surface area contributed by atoms with Gasteiger partial charge < -0.3 is 9.26 Å². The number of hydrogen-bond donors (Lipinski definition) is 1. The first-order chi connectivity index (χ1) is 16.5. The lowest BCUT2D eigenvalue weighted by atomic mass is 10.1. The summed E-state index contributed by atoms with van der Waals surface area (Å²) in [4.78, 5) is 4.86. The molecule has 5 rings (SSSR count). The topological polar surface area (TPSA) is 112 Å². The van der Waals surface area contributed by atoms with Crippen molar-refractivity contribution >= 4 is 21.0 Å². The van der Waals surface area contributed by atoms with E-state index in [1.807, 2.05) is 30.3 Å². The lowest BCUT2D eigenvalue weighted by molar-refractivity contribution is -0.137. The Bertz CT molecular complexity index is 1270. The van der Waals surface area contributed by atoms with E-state index in [1.54, 1.807) is 0 Å². The largest absolute Gasteiger partial charge is 0.370 e. The van der Waals surface area contributed by atoms with Crippen LogP contribution < -0.4 is 4.72 Å². The Morgan fingerprint density at radius 2 is 1.68 bits per heavy atom. The van der Waals surface area contributed by atoms with E-state index >= 15 is 0 Å². The van der Waals surface area contributed by atoms with Gasteiger partial charge in [0.1, 0.15) is 0 Å². The number of hydrogen-bond acceptors (Lipinski definition) is 8. The van der Waals surface area contributed by atoms with Gasteiger partial charge in [0.2, 0.25) is 10.0 Å². The molecule has 2 saturated heterocycles. The van der Waals surface area contributed by atoms with Crippen molar-refractivity contribution in [1.29, 1.82) is 5.26 Å². The molecule has 0 saturated carbocycles. The molecule has 2 atom stereocenters. The molecule has 10 heteroatoms. The molecule has 2 aliphatic rings. The van der Waals surface area contributed by atoms with Crippen LogP contribution >= 0.6 is 0 Å². The van der Waals surface area contributed by atoms with Crippen LogP contribution in [0.5, 0.6) is 0 Å². The van der Waals surface area contributed by atoms with E-state index in [0.29, 0.717) is 18.7 Å². The zero-order valence-corrected chi connectivity index (χ0v) is 19.6. The summed E-state index contributed by atoms with van der Waals surface area (Å²) in [6.07, 6.45) is 1.05. The molecule has 2 aliphatic heterocycles. The zero-order valence-electron chi connectivity index (χ0n) is 18.8. The highest BCUT2D eigenvalue weighted by Gasteiger charge is 2.34. The molecule has 0 spiro atoms. The molecule has 34 heavy (non-hydrogen) atoms. The second kappa shape index (κ2) is 9.82. The first kappa shape index (κ1) is 23.0. The summed E-state index contributed by atoms with van der Waals surface area (Å²) in [6, 6.07) is 15.8. The molecular formula is C24H27N5O4S. The van der Waals surface area contributed by atoms with E-state index in [0.717, 1.165) is 55.8 Å². The fraction of sp³-hybridized carbons (Fsp3) is 0.417. The van der Waals surface area contributed by atoms with Crippen LogP contribution in [-0.2, 0) is 21.2 Å². The molecular weight excluding hydrogens is 454 g/mol. The van der Waals surface area contributed by atoms with Gasteiger partial charge in [0, 0.05) is 57.6 Å². The van der Waals surface area contributed by atoms with Crippen molar-refractivity contribution < 1.29 is 17.7 Å². The number of nitrogens with zero attached hydrogens (tertiary/aromatic N) is 4. The number of para-hydroxylation sites is 1. The van der Waals surface area contributed by atoms with Gasteiger partial charge in [-0.3, -0.25) is 9.80 Å².